The molecule has 0 aliphatic heterocycles. The van der Waals surface area contributed by atoms with Gasteiger partial charge >= 0.3 is 0 Å². The molecule has 0 radical (unpaired) electrons. The molecule has 0 saturated carbocycles. The largest absolute Gasteiger partial charge is 0.355 e. The first-order chi connectivity index (χ1) is 11.8. The third-order valence-corrected chi connectivity index (χ3v) is 4.55. The molecule has 0 aliphatic rings. The highest BCUT2D eigenvalue weighted by Crippen LogP contribution is 2.28. The van der Waals surface area contributed by atoms with Crippen LogP contribution < -0.4 is 10.6 Å². The van der Waals surface area contributed by atoms with Crippen LogP contribution in [-0.4, -0.2) is 29.4 Å². The van der Waals surface area contributed by atoms with Crippen molar-refractivity contribution < 1.29 is 9.59 Å². The lowest BCUT2D eigenvalue weighted by Gasteiger charge is -2.09. The van der Waals surface area contributed by atoms with Crippen molar-refractivity contribution in [3.05, 3.63) is 39.7 Å². The Morgan fingerprint density at radius 3 is 2.44 bits per heavy atom. The van der Waals surface area contributed by atoms with Crippen LogP contribution in [0.4, 0.5) is 0 Å². The molecular formula is C19H25N3O2S. The molecule has 0 fully saturated rings. The van der Waals surface area contributed by atoms with Gasteiger partial charge in [-0.05, 0) is 27.7 Å². The predicted molar refractivity (Wildman–Crippen MR) is 102 cm³/mol. The Hall–Kier alpha value is -2.21. The van der Waals surface area contributed by atoms with Gasteiger partial charge in [-0.2, -0.15) is 0 Å². The molecule has 2 rings (SSSR count). The quantitative estimate of drug-likeness (QED) is 0.798. The molecule has 1 heterocycles. The molecule has 0 atom stereocenters. The van der Waals surface area contributed by atoms with Crippen molar-refractivity contribution in [2.75, 3.05) is 6.54 Å². The SMILES string of the molecule is Cc1ccc(-c2nc(C)sc2CC(=O)NCCC(=O)NC(C)C)cc1. The maximum Gasteiger partial charge on any atom is 0.225 e. The van der Waals surface area contributed by atoms with Crippen molar-refractivity contribution in [1.82, 2.24) is 15.6 Å². The number of rotatable bonds is 7. The van der Waals surface area contributed by atoms with Crippen molar-refractivity contribution in [3.8, 4) is 11.3 Å². The summed E-state index contributed by atoms with van der Waals surface area (Å²) in [5.74, 6) is -0.140. The van der Waals surface area contributed by atoms with Crippen LogP contribution in [0.5, 0.6) is 0 Å². The smallest absolute Gasteiger partial charge is 0.225 e. The first kappa shape index (κ1) is 19.1. The van der Waals surface area contributed by atoms with E-state index in [1.165, 1.54) is 16.9 Å². The van der Waals surface area contributed by atoms with Gasteiger partial charge in [-0.3, -0.25) is 9.59 Å². The lowest BCUT2D eigenvalue weighted by Crippen LogP contribution is -2.34. The van der Waals surface area contributed by atoms with Crippen LogP contribution in [0.1, 0.15) is 35.7 Å². The number of carbonyl (C=O) groups excluding carboxylic acids is 2. The summed E-state index contributed by atoms with van der Waals surface area (Å²) in [6.07, 6.45) is 0.566. The molecule has 25 heavy (non-hydrogen) atoms. The fourth-order valence-electron chi connectivity index (χ4n) is 2.44. The standard InChI is InChI=1S/C19H25N3O2S/c1-12(2)21-17(23)9-10-20-18(24)11-16-19(22-14(4)25-16)15-7-5-13(3)6-8-15/h5-8,12H,9-11H2,1-4H3,(H,20,24)(H,21,23). The number of carbonyl (C=O) groups is 2. The minimum absolute atomic E-state index is 0.0516. The van der Waals surface area contributed by atoms with Crippen LogP contribution in [0, 0.1) is 13.8 Å². The number of aromatic nitrogens is 1. The Morgan fingerprint density at radius 2 is 1.80 bits per heavy atom. The van der Waals surface area contributed by atoms with Crippen LogP contribution in [-0.2, 0) is 16.0 Å². The number of aryl methyl sites for hydroxylation is 2. The van der Waals surface area contributed by atoms with Gasteiger partial charge in [0.1, 0.15) is 0 Å². The molecule has 2 aromatic rings. The first-order valence-corrected chi connectivity index (χ1v) is 9.26. The average molecular weight is 359 g/mol. The Balaban J connectivity index is 1.95. The van der Waals surface area contributed by atoms with Crippen LogP contribution in [0.15, 0.2) is 24.3 Å². The van der Waals surface area contributed by atoms with Crippen LogP contribution >= 0.6 is 11.3 Å². The van der Waals surface area contributed by atoms with Gasteiger partial charge in [0.05, 0.1) is 17.1 Å². The summed E-state index contributed by atoms with van der Waals surface area (Å²) in [5.41, 5.74) is 3.08. The summed E-state index contributed by atoms with van der Waals surface area (Å²) < 4.78 is 0. The minimum Gasteiger partial charge on any atom is -0.355 e. The summed E-state index contributed by atoms with van der Waals surface area (Å²) >= 11 is 1.54. The summed E-state index contributed by atoms with van der Waals surface area (Å²) in [7, 11) is 0. The van der Waals surface area contributed by atoms with E-state index in [2.05, 4.69) is 15.6 Å². The van der Waals surface area contributed by atoms with Crippen molar-refractivity contribution in [2.24, 2.45) is 0 Å². The average Bonchev–Trinajstić information content (AvgIpc) is 2.87. The van der Waals surface area contributed by atoms with Gasteiger partial charge in [-0.25, -0.2) is 4.98 Å². The Labute approximate surface area is 152 Å². The van der Waals surface area contributed by atoms with E-state index < -0.39 is 0 Å². The molecule has 0 saturated heterocycles. The maximum absolute atomic E-state index is 12.2. The lowest BCUT2D eigenvalue weighted by atomic mass is 10.1. The molecule has 6 heteroatoms. The number of amides is 2. The normalized spacial score (nSPS) is 10.8. The summed E-state index contributed by atoms with van der Waals surface area (Å²) in [6.45, 7) is 8.15. The third kappa shape index (κ3) is 5.98. The molecule has 0 unspecified atom stereocenters. The van der Waals surface area contributed by atoms with Crippen molar-refractivity contribution >= 4 is 23.2 Å². The second-order valence-corrected chi connectivity index (χ2v) is 7.66. The summed E-state index contributed by atoms with van der Waals surface area (Å²) in [6, 6.07) is 8.26. The van der Waals surface area contributed by atoms with E-state index in [9.17, 15) is 9.59 Å². The predicted octanol–water partition coefficient (Wildman–Crippen LogP) is 3.00. The van der Waals surface area contributed by atoms with Crippen molar-refractivity contribution in [3.63, 3.8) is 0 Å². The number of benzene rings is 1. The second kappa shape index (κ2) is 8.76. The molecule has 2 N–H and O–H groups in total. The van der Waals surface area contributed by atoms with Gasteiger partial charge in [0.25, 0.3) is 0 Å². The van der Waals surface area contributed by atoms with E-state index in [4.69, 9.17) is 0 Å². The van der Waals surface area contributed by atoms with Gasteiger partial charge in [0.15, 0.2) is 0 Å². The molecule has 0 spiro atoms. The zero-order chi connectivity index (χ0) is 18.4. The first-order valence-electron chi connectivity index (χ1n) is 8.44. The monoisotopic (exact) mass is 359 g/mol. The molecule has 1 aromatic heterocycles. The van der Waals surface area contributed by atoms with Gasteiger partial charge in [0.2, 0.25) is 11.8 Å². The molecular weight excluding hydrogens is 334 g/mol. The van der Waals surface area contributed by atoms with Crippen LogP contribution in [0.2, 0.25) is 0 Å². The van der Waals surface area contributed by atoms with E-state index in [1.54, 1.807) is 0 Å². The van der Waals surface area contributed by atoms with E-state index in [0.717, 1.165) is 21.1 Å². The van der Waals surface area contributed by atoms with E-state index >= 15 is 0 Å². The number of hydrogen-bond acceptors (Lipinski definition) is 4. The van der Waals surface area contributed by atoms with Gasteiger partial charge < -0.3 is 10.6 Å². The Morgan fingerprint density at radius 1 is 1.12 bits per heavy atom. The molecule has 2 amide bonds. The van der Waals surface area contributed by atoms with Gasteiger partial charge in [0, 0.05) is 29.4 Å². The van der Waals surface area contributed by atoms with E-state index in [1.807, 2.05) is 52.0 Å². The number of nitrogens with zero attached hydrogens (tertiary/aromatic N) is 1. The highest BCUT2D eigenvalue weighted by Gasteiger charge is 2.15. The molecule has 134 valence electrons. The fraction of sp³-hybridized carbons (Fsp3) is 0.421. The highest BCUT2D eigenvalue weighted by atomic mass is 32.1. The number of nitrogens with one attached hydrogen (secondary N) is 2. The van der Waals surface area contributed by atoms with Gasteiger partial charge in [-0.1, -0.05) is 29.8 Å². The molecule has 1 aromatic carbocycles. The fourth-order valence-corrected chi connectivity index (χ4v) is 3.40. The third-order valence-electron chi connectivity index (χ3n) is 3.57. The van der Waals surface area contributed by atoms with E-state index in [0.29, 0.717) is 6.54 Å². The molecule has 0 bridgehead atoms. The molecule has 5 nitrogen and oxygen atoms in total. The second-order valence-electron chi connectivity index (χ2n) is 6.37. The summed E-state index contributed by atoms with van der Waals surface area (Å²) in [5, 5.41) is 6.56. The zero-order valence-electron chi connectivity index (χ0n) is 15.2. The van der Waals surface area contributed by atoms with Crippen molar-refractivity contribution in [2.45, 2.75) is 46.6 Å². The molecule has 0 aliphatic carbocycles. The van der Waals surface area contributed by atoms with Gasteiger partial charge in [-0.15, -0.1) is 11.3 Å². The minimum atomic E-state index is -0.0886. The number of thiazole rings is 1. The van der Waals surface area contributed by atoms with Crippen LogP contribution in [0.3, 0.4) is 0 Å². The Kier molecular flexibility index (Phi) is 6.70. The number of hydrogen-bond donors (Lipinski definition) is 2. The van der Waals surface area contributed by atoms with Crippen LogP contribution in [0.25, 0.3) is 11.3 Å². The summed E-state index contributed by atoms with van der Waals surface area (Å²) in [4.78, 5) is 29.3. The topological polar surface area (TPSA) is 71.1 Å². The van der Waals surface area contributed by atoms with E-state index in [-0.39, 0.29) is 30.7 Å². The highest BCUT2D eigenvalue weighted by molar-refractivity contribution is 7.12. The maximum atomic E-state index is 12.2. The Bertz CT molecular complexity index is 736. The van der Waals surface area contributed by atoms with Crippen molar-refractivity contribution in [1.29, 1.82) is 0 Å². The lowest BCUT2D eigenvalue weighted by molar-refractivity contribution is -0.122. The zero-order valence-corrected chi connectivity index (χ0v) is 16.0.